The van der Waals surface area contributed by atoms with Crippen LogP contribution in [0, 0.1) is 11.6 Å². The van der Waals surface area contributed by atoms with E-state index < -0.39 is 27.7 Å². The van der Waals surface area contributed by atoms with Crippen LogP contribution in [0.3, 0.4) is 0 Å². The molecule has 0 aliphatic rings. The Hall–Kier alpha value is -3.79. The van der Waals surface area contributed by atoms with Crippen LogP contribution in [0.25, 0.3) is 0 Å². The van der Waals surface area contributed by atoms with Crippen LogP contribution in [-0.4, -0.2) is 50.5 Å². The Labute approximate surface area is 241 Å². The van der Waals surface area contributed by atoms with E-state index in [1.54, 1.807) is 4.90 Å². The van der Waals surface area contributed by atoms with Gasteiger partial charge >= 0.3 is 0 Å². The molecule has 7 nitrogen and oxygen atoms in total. The number of sulfonamides is 1. The number of hydrogen-bond acceptors (Lipinski definition) is 4. The lowest BCUT2D eigenvalue weighted by Crippen LogP contribution is -2.50. The summed E-state index contributed by atoms with van der Waals surface area (Å²) in [5.41, 5.74) is 1.72. The molecular weight excluding hydrogens is 548 g/mol. The zero-order valence-corrected chi connectivity index (χ0v) is 24.2. The summed E-state index contributed by atoms with van der Waals surface area (Å²) in [5.74, 6) is -2.83. The summed E-state index contributed by atoms with van der Waals surface area (Å²) in [6.07, 6.45) is 3.03. The molecule has 0 saturated heterocycles. The highest BCUT2D eigenvalue weighted by Crippen LogP contribution is 2.22. The molecule has 3 aromatic rings. The van der Waals surface area contributed by atoms with Gasteiger partial charge in [-0.3, -0.25) is 13.9 Å². The molecule has 0 aliphatic heterocycles. The van der Waals surface area contributed by atoms with E-state index in [0.717, 1.165) is 46.7 Å². The average Bonchev–Trinajstić information content (AvgIpc) is 2.95. The van der Waals surface area contributed by atoms with Crippen molar-refractivity contribution in [3.8, 4) is 0 Å². The van der Waals surface area contributed by atoms with Gasteiger partial charge in [0.2, 0.25) is 21.8 Å². The summed E-state index contributed by atoms with van der Waals surface area (Å²) in [6.45, 7) is 2.59. The normalized spacial score (nSPS) is 12.0. The summed E-state index contributed by atoms with van der Waals surface area (Å²) < 4.78 is 53.2. The number of unbranched alkanes of at least 4 members (excludes halogenated alkanes) is 1. The zero-order valence-electron chi connectivity index (χ0n) is 23.4. The van der Waals surface area contributed by atoms with E-state index in [2.05, 4.69) is 5.32 Å². The smallest absolute Gasteiger partial charge is 0.243 e. The highest BCUT2D eigenvalue weighted by atomic mass is 32.2. The Morgan fingerprint density at radius 3 is 2.10 bits per heavy atom. The summed E-state index contributed by atoms with van der Waals surface area (Å²) in [7, 11) is -3.84. The van der Waals surface area contributed by atoms with Crippen molar-refractivity contribution in [1.29, 1.82) is 0 Å². The number of nitrogens with zero attached hydrogens (tertiary/aromatic N) is 2. The highest BCUT2D eigenvalue weighted by Gasteiger charge is 2.30. The van der Waals surface area contributed by atoms with Crippen LogP contribution in [0.5, 0.6) is 0 Å². The van der Waals surface area contributed by atoms with Crippen molar-refractivity contribution in [3.63, 3.8) is 0 Å². The Kier molecular flexibility index (Phi) is 11.8. The SMILES string of the molecule is CCCCNC(=O)C(Cc1ccccc1)N(Cc1ccccc1)C(=O)CCCN(c1ccc(F)c(F)c1)S(C)(=O)=O. The van der Waals surface area contributed by atoms with Gasteiger partial charge in [0.15, 0.2) is 11.6 Å². The van der Waals surface area contributed by atoms with E-state index in [-0.39, 0.29) is 43.4 Å². The molecule has 1 N–H and O–H groups in total. The van der Waals surface area contributed by atoms with Crippen LogP contribution in [-0.2, 0) is 32.6 Å². The molecule has 0 fully saturated rings. The standard InChI is InChI=1S/C31H37F2N3O4S/c1-3-4-19-34-31(38)29(21-24-12-7-5-8-13-24)35(23-25-14-9-6-10-15-25)30(37)16-11-20-36(41(2,39)40)26-17-18-27(32)28(33)22-26/h5-10,12-15,17-18,22,29H,3-4,11,16,19-21,23H2,1-2H3,(H,34,38). The molecule has 0 spiro atoms. The van der Waals surface area contributed by atoms with Crippen LogP contribution in [0.2, 0.25) is 0 Å². The third kappa shape index (κ3) is 9.67. The molecule has 0 bridgehead atoms. The largest absolute Gasteiger partial charge is 0.354 e. The molecule has 1 unspecified atom stereocenters. The number of benzene rings is 3. The van der Waals surface area contributed by atoms with Crippen molar-refractivity contribution in [1.82, 2.24) is 10.2 Å². The van der Waals surface area contributed by atoms with E-state index in [9.17, 15) is 26.8 Å². The predicted molar refractivity (Wildman–Crippen MR) is 157 cm³/mol. The molecular formula is C31H37F2N3O4S. The van der Waals surface area contributed by atoms with E-state index in [4.69, 9.17) is 0 Å². The quantitative estimate of drug-likeness (QED) is 0.253. The molecule has 41 heavy (non-hydrogen) atoms. The van der Waals surface area contributed by atoms with Crippen LogP contribution in [0.4, 0.5) is 14.5 Å². The molecule has 0 aromatic heterocycles. The molecule has 10 heteroatoms. The first-order valence-corrected chi connectivity index (χ1v) is 15.5. The van der Waals surface area contributed by atoms with Gasteiger partial charge < -0.3 is 10.2 Å². The Morgan fingerprint density at radius 1 is 0.878 bits per heavy atom. The van der Waals surface area contributed by atoms with Gasteiger partial charge in [0, 0.05) is 38.5 Å². The zero-order chi connectivity index (χ0) is 29.8. The number of hydrogen-bond donors (Lipinski definition) is 1. The molecule has 0 heterocycles. The molecule has 0 saturated carbocycles. The van der Waals surface area contributed by atoms with Crippen LogP contribution in [0.1, 0.15) is 43.7 Å². The van der Waals surface area contributed by atoms with Crippen LogP contribution in [0.15, 0.2) is 78.9 Å². The van der Waals surface area contributed by atoms with Crippen LogP contribution < -0.4 is 9.62 Å². The monoisotopic (exact) mass is 585 g/mol. The van der Waals surface area contributed by atoms with Gasteiger partial charge in [-0.2, -0.15) is 0 Å². The Bertz CT molecular complexity index is 1390. The first-order chi connectivity index (χ1) is 19.6. The number of anilines is 1. The van der Waals surface area contributed by atoms with Crippen molar-refractivity contribution in [2.75, 3.05) is 23.7 Å². The van der Waals surface area contributed by atoms with Gasteiger partial charge in [-0.05, 0) is 36.1 Å². The van der Waals surface area contributed by atoms with E-state index in [1.165, 1.54) is 6.07 Å². The number of halogens is 2. The predicted octanol–water partition coefficient (Wildman–Crippen LogP) is 5.07. The molecule has 0 radical (unpaired) electrons. The second kappa shape index (κ2) is 15.3. The fraction of sp³-hybridized carbons (Fsp3) is 0.355. The van der Waals surface area contributed by atoms with Gasteiger partial charge in [-0.1, -0.05) is 74.0 Å². The average molecular weight is 586 g/mol. The second-order valence-electron chi connectivity index (χ2n) is 9.89. The minimum Gasteiger partial charge on any atom is -0.354 e. The third-order valence-electron chi connectivity index (χ3n) is 6.64. The minimum atomic E-state index is -3.84. The van der Waals surface area contributed by atoms with E-state index in [0.29, 0.717) is 13.0 Å². The molecule has 0 aliphatic carbocycles. The summed E-state index contributed by atoms with van der Waals surface area (Å²) in [6, 6.07) is 20.9. The molecule has 220 valence electrons. The number of nitrogens with one attached hydrogen (secondary N) is 1. The second-order valence-corrected chi connectivity index (χ2v) is 11.8. The van der Waals surface area contributed by atoms with E-state index >= 15 is 0 Å². The van der Waals surface area contributed by atoms with Crippen molar-refractivity contribution in [2.24, 2.45) is 0 Å². The maximum Gasteiger partial charge on any atom is 0.243 e. The fourth-order valence-corrected chi connectivity index (χ4v) is 5.44. The number of carbonyl (C=O) groups is 2. The van der Waals surface area contributed by atoms with Crippen LogP contribution >= 0.6 is 0 Å². The molecule has 3 rings (SSSR count). The van der Waals surface area contributed by atoms with Crippen molar-refractivity contribution >= 4 is 27.5 Å². The van der Waals surface area contributed by atoms with Crippen molar-refractivity contribution in [2.45, 2.75) is 51.6 Å². The lowest BCUT2D eigenvalue weighted by molar-refractivity contribution is -0.141. The summed E-state index contributed by atoms with van der Waals surface area (Å²) in [4.78, 5) is 28.8. The van der Waals surface area contributed by atoms with E-state index in [1.807, 2.05) is 67.6 Å². The first-order valence-electron chi connectivity index (χ1n) is 13.7. The highest BCUT2D eigenvalue weighted by molar-refractivity contribution is 7.92. The lowest BCUT2D eigenvalue weighted by atomic mass is 10.0. The van der Waals surface area contributed by atoms with Gasteiger partial charge in [0.1, 0.15) is 6.04 Å². The van der Waals surface area contributed by atoms with Gasteiger partial charge in [0.25, 0.3) is 0 Å². The van der Waals surface area contributed by atoms with Gasteiger partial charge in [-0.15, -0.1) is 0 Å². The molecule has 3 aromatic carbocycles. The minimum absolute atomic E-state index is 0.0303. The number of carbonyl (C=O) groups excluding carboxylic acids is 2. The number of rotatable bonds is 15. The van der Waals surface area contributed by atoms with Crippen molar-refractivity contribution in [3.05, 3.63) is 102 Å². The Balaban J connectivity index is 1.85. The lowest BCUT2D eigenvalue weighted by Gasteiger charge is -2.32. The fourth-order valence-electron chi connectivity index (χ4n) is 4.48. The van der Waals surface area contributed by atoms with Gasteiger partial charge in [-0.25, -0.2) is 17.2 Å². The van der Waals surface area contributed by atoms with Crippen molar-refractivity contribution < 1.29 is 26.8 Å². The van der Waals surface area contributed by atoms with Gasteiger partial charge in [0.05, 0.1) is 11.9 Å². The Morgan fingerprint density at radius 2 is 1.51 bits per heavy atom. The maximum absolute atomic E-state index is 13.9. The topological polar surface area (TPSA) is 86.8 Å². The number of amides is 2. The maximum atomic E-state index is 13.9. The first kappa shape index (κ1) is 31.7. The molecule has 1 atom stereocenters. The third-order valence-corrected chi connectivity index (χ3v) is 7.83. The summed E-state index contributed by atoms with van der Waals surface area (Å²) >= 11 is 0. The molecule has 2 amide bonds. The summed E-state index contributed by atoms with van der Waals surface area (Å²) in [5, 5.41) is 2.96.